The molecule has 2 rings (SSSR count). The molecule has 0 saturated heterocycles. The number of benzene rings is 2. The van der Waals surface area contributed by atoms with Crippen molar-refractivity contribution in [3.63, 3.8) is 0 Å². The van der Waals surface area contributed by atoms with E-state index in [9.17, 15) is 13.2 Å². The molecule has 0 heterocycles. The second kappa shape index (κ2) is 7.53. The molecule has 0 atom stereocenters. The van der Waals surface area contributed by atoms with Crippen LogP contribution in [0.4, 0.5) is 0 Å². The molecule has 0 aliphatic rings. The lowest BCUT2D eigenvalue weighted by Gasteiger charge is -2.13. The smallest absolute Gasteiger partial charge is 0.338 e. The van der Waals surface area contributed by atoms with Gasteiger partial charge >= 0.3 is 5.97 Å². The number of carbonyl (C=O) groups is 1. The van der Waals surface area contributed by atoms with Crippen molar-refractivity contribution in [1.29, 1.82) is 0 Å². The quantitative estimate of drug-likeness (QED) is 0.735. The van der Waals surface area contributed by atoms with Crippen LogP contribution in [-0.4, -0.2) is 32.8 Å². The van der Waals surface area contributed by atoms with Gasteiger partial charge < -0.3 is 4.74 Å². The van der Waals surface area contributed by atoms with Gasteiger partial charge in [-0.1, -0.05) is 35.3 Å². The van der Waals surface area contributed by atoms with Crippen molar-refractivity contribution in [1.82, 2.24) is 4.31 Å². The summed E-state index contributed by atoms with van der Waals surface area (Å²) in [6.07, 6.45) is 0. The van der Waals surface area contributed by atoms with Crippen LogP contribution in [0.1, 0.15) is 15.9 Å². The minimum absolute atomic E-state index is 0.0256. The van der Waals surface area contributed by atoms with Gasteiger partial charge in [-0.3, -0.25) is 0 Å². The van der Waals surface area contributed by atoms with Gasteiger partial charge in [0.15, 0.2) is 0 Å². The zero-order chi connectivity index (χ0) is 17.9. The van der Waals surface area contributed by atoms with E-state index in [0.29, 0.717) is 5.02 Å². The predicted octanol–water partition coefficient (Wildman–Crippen LogP) is 3.60. The Morgan fingerprint density at radius 3 is 2.46 bits per heavy atom. The average Bonchev–Trinajstić information content (AvgIpc) is 2.52. The Kier molecular flexibility index (Phi) is 5.87. The van der Waals surface area contributed by atoms with Gasteiger partial charge in [-0.05, 0) is 35.9 Å². The van der Waals surface area contributed by atoms with Crippen molar-refractivity contribution in [2.45, 2.75) is 11.5 Å². The summed E-state index contributed by atoms with van der Waals surface area (Å²) in [6, 6.07) is 10.9. The highest BCUT2D eigenvalue weighted by molar-refractivity contribution is 7.89. The van der Waals surface area contributed by atoms with E-state index in [1.54, 1.807) is 24.3 Å². The standard InChI is InChI=1S/C16H15Cl2NO4S/c1-19(2)24(21,22)15-9-12(6-7-14(15)18)16(20)23-10-11-4-3-5-13(17)8-11/h3-9H,10H2,1-2H3. The number of esters is 1. The van der Waals surface area contributed by atoms with E-state index in [1.807, 2.05) is 0 Å². The monoisotopic (exact) mass is 387 g/mol. The molecule has 0 radical (unpaired) electrons. The molecule has 0 aromatic heterocycles. The van der Waals surface area contributed by atoms with E-state index in [2.05, 4.69) is 0 Å². The van der Waals surface area contributed by atoms with Crippen molar-refractivity contribution in [2.75, 3.05) is 14.1 Å². The third kappa shape index (κ3) is 4.27. The number of rotatable bonds is 5. The summed E-state index contributed by atoms with van der Waals surface area (Å²) in [5.41, 5.74) is 0.827. The second-order valence-electron chi connectivity index (χ2n) is 5.14. The Bertz CT molecular complexity index is 866. The number of hydrogen-bond acceptors (Lipinski definition) is 4. The van der Waals surface area contributed by atoms with Gasteiger partial charge in [-0.15, -0.1) is 0 Å². The van der Waals surface area contributed by atoms with Gasteiger partial charge in [-0.25, -0.2) is 17.5 Å². The fraction of sp³-hybridized carbons (Fsp3) is 0.188. The lowest BCUT2D eigenvalue weighted by Crippen LogP contribution is -2.23. The highest BCUT2D eigenvalue weighted by Gasteiger charge is 2.22. The predicted molar refractivity (Wildman–Crippen MR) is 92.9 cm³/mol. The summed E-state index contributed by atoms with van der Waals surface area (Å²) in [4.78, 5) is 12.0. The van der Waals surface area contributed by atoms with Gasteiger partial charge in [-0.2, -0.15) is 0 Å². The van der Waals surface area contributed by atoms with E-state index in [0.717, 1.165) is 9.87 Å². The van der Waals surface area contributed by atoms with E-state index in [4.69, 9.17) is 27.9 Å². The van der Waals surface area contributed by atoms with Crippen LogP contribution in [0, 0.1) is 0 Å². The first-order valence-corrected chi connectivity index (χ1v) is 9.05. The average molecular weight is 388 g/mol. The third-order valence-electron chi connectivity index (χ3n) is 3.18. The topological polar surface area (TPSA) is 63.7 Å². The van der Waals surface area contributed by atoms with Crippen molar-refractivity contribution in [3.8, 4) is 0 Å². The van der Waals surface area contributed by atoms with Gasteiger partial charge in [0.2, 0.25) is 10.0 Å². The molecule has 0 saturated carbocycles. The first kappa shape index (κ1) is 18.7. The normalized spacial score (nSPS) is 11.5. The van der Waals surface area contributed by atoms with E-state index >= 15 is 0 Å². The molecule has 0 N–H and O–H groups in total. The Morgan fingerprint density at radius 2 is 1.83 bits per heavy atom. The Labute approximate surface area is 150 Å². The van der Waals surface area contributed by atoms with Crippen LogP contribution in [0.3, 0.4) is 0 Å². The van der Waals surface area contributed by atoms with Crippen molar-refractivity contribution < 1.29 is 17.9 Å². The molecule has 5 nitrogen and oxygen atoms in total. The number of hydrogen-bond donors (Lipinski definition) is 0. The summed E-state index contributed by atoms with van der Waals surface area (Å²) in [6.45, 7) is 0.0256. The van der Waals surface area contributed by atoms with Crippen LogP contribution in [0.5, 0.6) is 0 Å². The van der Waals surface area contributed by atoms with Gasteiger partial charge in [0.25, 0.3) is 0 Å². The maximum atomic E-state index is 12.2. The minimum Gasteiger partial charge on any atom is -0.457 e. The lowest BCUT2D eigenvalue weighted by molar-refractivity contribution is 0.0472. The highest BCUT2D eigenvalue weighted by Crippen LogP contribution is 2.25. The number of halogens is 2. The number of ether oxygens (including phenoxy) is 1. The minimum atomic E-state index is -3.76. The fourth-order valence-electron chi connectivity index (χ4n) is 1.88. The van der Waals surface area contributed by atoms with Crippen molar-refractivity contribution in [2.24, 2.45) is 0 Å². The van der Waals surface area contributed by atoms with E-state index in [-0.39, 0.29) is 22.1 Å². The molecular formula is C16H15Cl2NO4S. The van der Waals surface area contributed by atoms with Gasteiger partial charge in [0, 0.05) is 19.1 Å². The van der Waals surface area contributed by atoms with Gasteiger partial charge in [0.05, 0.1) is 10.6 Å². The number of sulfonamides is 1. The molecule has 0 aliphatic heterocycles. The van der Waals surface area contributed by atoms with Crippen LogP contribution in [0.25, 0.3) is 0 Å². The molecule has 2 aromatic carbocycles. The third-order valence-corrected chi connectivity index (χ3v) is 5.72. The zero-order valence-electron chi connectivity index (χ0n) is 13.0. The molecule has 0 amide bonds. The summed E-state index contributed by atoms with van der Waals surface area (Å²) >= 11 is 11.8. The highest BCUT2D eigenvalue weighted by atomic mass is 35.5. The molecule has 128 valence electrons. The molecule has 2 aromatic rings. The van der Waals surface area contributed by atoms with Crippen molar-refractivity contribution >= 4 is 39.2 Å². The van der Waals surface area contributed by atoms with Crippen LogP contribution >= 0.6 is 23.2 Å². The SMILES string of the molecule is CN(C)S(=O)(=O)c1cc(C(=O)OCc2cccc(Cl)c2)ccc1Cl. The molecule has 0 fully saturated rings. The Morgan fingerprint density at radius 1 is 1.12 bits per heavy atom. The summed E-state index contributed by atoms with van der Waals surface area (Å²) in [5.74, 6) is -0.651. The summed E-state index contributed by atoms with van der Waals surface area (Å²) < 4.78 is 30.6. The molecule has 8 heteroatoms. The Hall–Kier alpha value is -1.60. The van der Waals surface area contributed by atoms with Crippen LogP contribution in [0.15, 0.2) is 47.4 Å². The Balaban J connectivity index is 2.21. The van der Waals surface area contributed by atoms with Crippen LogP contribution < -0.4 is 0 Å². The molecule has 24 heavy (non-hydrogen) atoms. The lowest BCUT2D eigenvalue weighted by atomic mass is 10.2. The first-order valence-electron chi connectivity index (χ1n) is 6.85. The molecule has 0 unspecified atom stereocenters. The number of carbonyl (C=O) groups excluding carboxylic acids is 1. The van der Waals surface area contributed by atoms with Gasteiger partial charge in [0.1, 0.15) is 11.5 Å². The zero-order valence-corrected chi connectivity index (χ0v) is 15.3. The van der Waals surface area contributed by atoms with Crippen LogP contribution in [0.2, 0.25) is 10.0 Å². The molecule has 0 spiro atoms. The molecule has 0 bridgehead atoms. The largest absolute Gasteiger partial charge is 0.457 e. The maximum Gasteiger partial charge on any atom is 0.338 e. The number of nitrogens with zero attached hydrogens (tertiary/aromatic N) is 1. The second-order valence-corrected chi connectivity index (χ2v) is 8.10. The first-order chi connectivity index (χ1) is 11.2. The van der Waals surface area contributed by atoms with E-state index < -0.39 is 16.0 Å². The summed E-state index contributed by atoms with van der Waals surface area (Å²) in [5, 5.41) is 0.574. The molecular weight excluding hydrogens is 373 g/mol. The fourth-order valence-corrected chi connectivity index (χ4v) is 3.49. The maximum absolute atomic E-state index is 12.2. The van der Waals surface area contributed by atoms with E-state index in [1.165, 1.54) is 32.3 Å². The molecule has 0 aliphatic carbocycles. The van der Waals surface area contributed by atoms with Crippen LogP contribution in [-0.2, 0) is 21.4 Å². The summed E-state index contributed by atoms with van der Waals surface area (Å²) in [7, 11) is -0.991. The van der Waals surface area contributed by atoms with Crippen molar-refractivity contribution in [3.05, 3.63) is 63.6 Å².